The van der Waals surface area contributed by atoms with Crippen molar-refractivity contribution in [2.75, 3.05) is 5.32 Å². The predicted molar refractivity (Wildman–Crippen MR) is 43.7 cm³/mol. The number of nitrogens with zero attached hydrogens (tertiary/aromatic N) is 1. The van der Waals surface area contributed by atoms with Gasteiger partial charge in [0.1, 0.15) is 5.15 Å². The van der Waals surface area contributed by atoms with Crippen LogP contribution in [0.1, 0.15) is 5.56 Å². The molecule has 1 heterocycles. The fourth-order valence-electron chi connectivity index (χ4n) is 0.736. The molecule has 1 rings (SSSR count). The second-order valence-corrected chi connectivity index (χ2v) is 2.47. The zero-order valence-electron chi connectivity index (χ0n) is 5.97. The molecule has 0 fully saturated rings. The topological polar surface area (TPSA) is 42.0 Å². The molecule has 0 spiro atoms. The highest BCUT2D eigenvalue weighted by molar-refractivity contribution is 6.29. The summed E-state index contributed by atoms with van der Waals surface area (Å²) in [5, 5.41) is 2.93. The molecule has 0 unspecified atom stereocenters. The molecule has 0 aliphatic rings. The second-order valence-electron chi connectivity index (χ2n) is 2.08. The van der Waals surface area contributed by atoms with Gasteiger partial charge in [0.05, 0.1) is 11.9 Å². The molecule has 0 saturated carbocycles. The molecule has 1 aromatic heterocycles. The van der Waals surface area contributed by atoms with Crippen LogP contribution in [0.2, 0.25) is 5.15 Å². The van der Waals surface area contributed by atoms with E-state index in [1.165, 1.54) is 6.20 Å². The van der Waals surface area contributed by atoms with Crippen molar-refractivity contribution < 1.29 is 4.79 Å². The first-order valence-electron chi connectivity index (χ1n) is 3.06. The highest BCUT2D eigenvalue weighted by atomic mass is 35.5. The van der Waals surface area contributed by atoms with E-state index in [4.69, 9.17) is 11.6 Å². The van der Waals surface area contributed by atoms with Crippen LogP contribution in [-0.4, -0.2) is 11.4 Å². The van der Waals surface area contributed by atoms with Gasteiger partial charge in [0.15, 0.2) is 0 Å². The Hall–Kier alpha value is -1.09. The predicted octanol–water partition coefficient (Wildman–Crippen LogP) is 1.61. The fourth-order valence-corrected chi connectivity index (χ4v) is 0.949. The Kier molecular flexibility index (Phi) is 2.44. The number of hydrogen-bond acceptors (Lipinski definition) is 2. The standard InChI is InChI=1S/C7H7ClN2O/c1-5-2-7(8)9-3-6(5)10-4-11/h2-4H,1H3,(H,10,11). The molecule has 4 heteroatoms. The molecule has 3 nitrogen and oxygen atoms in total. The van der Waals surface area contributed by atoms with Gasteiger partial charge in [-0.1, -0.05) is 11.6 Å². The smallest absolute Gasteiger partial charge is 0.211 e. The van der Waals surface area contributed by atoms with Gasteiger partial charge in [0, 0.05) is 0 Å². The molecule has 1 N–H and O–H groups in total. The number of aryl methyl sites for hydroxylation is 1. The largest absolute Gasteiger partial charge is 0.327 e. The van der Waals surface area contributed by atoms with Gasteiger partial charge < -0.3 is 5.32 Å². The minimum absolute atomic E-state index is 0.430. The number of amides is 1. The van der Waals surface area contributed by atoms with Crippen LogP contribution in [0.15, 0.2) is 12.3 Å². The monoisotopic (exact) mass is 170 g/mol. The van der Waals surface area contributed by atoms with E-state index in [9.17, 15) is 4.79 Å². The van der Waals surface area contributed by atoms with Gasteiger partial charge in [-0.3, -0.25) is 4.79 Å². The van der Waals surface area contributed by atoms with Gasteiger partial charge in [-0.2, -0.15) is 0 Å². The van der Waals surface area contributed by atoms with Crippen molar-refractivity contribution in [1.29, 1.82) is 0 Å². The van der Waals surface area contributed by atoms with Crippen LogP contribution in [0.4, 0.5) is 5.69 Å². The van der Waals surface area contributed by atoms with Crippen molar-refractivity contribution in [3.63, 3.8) is 0 Å². The number of nitrogens with one attached hydrogen (secondary N) is 1. The average molecular weight is 171 g/mol. The van der Waals surface area contributed by atoms with Gasteiger partial charge in [-0.05, 0) is 18.6 Å². The summed E-state index contributed by atoms with van der Waals surface area (Å²) < 4.78 is 0. The molecule has 58 valence electrons. The van der Waals surface area contributed by atoms with Crippen LogP contribution in [-0.2, 0) is 4.79 Å². The Balaban J connectivity index is 2.98. The summed E-state index contributed by atoms with van der Waals surface area (Å²) in [6.07, 6.45) is 2.13. The van der Waals surface area contributed by atoms with Crippen molar-refractivity contribution >= 4 is 23.7 Å². The summed E-state index contributed by atoms with van der Waals surface area (Å²) in [6, 6.07) is 1.69. The molecular weight excluding hydrogens is 164 g/mol. The first kappa shape index (κ1) is 8.01. The SMILES string of the molecule is Cc1cc(Cl)ncc1NC=O. The third kappa shape index (κ3) is 1.91. The van der Waals surface area contributed by atoms with Crippen LogP contribution in [0.25, 0.3) is 0 Å². The van der Waals surface area contributed by atoms with Gasteiger partial charge >= 0.3 is 0 Å². The fraction of sp³-hybridized carbons (Fsp3) is 0.143. The average Bonchev–Trinajstić information content (AvgIpc) is 1.95. The summed E-state index contributed by atoms with van der Waals surface area (Å²) >= 11 is 5.59. The Bertz CT molecular complexity index is 275. The minimum atomic E-state index is 0.430. The molecule has 11 heavy (non-hydrogen) atoms. The van der Waals surface area contributed by atoms with E-state index in [1.54, 1.807) is 6.07 Å². The van der Waals surface area contributed by atoms with E-state index < -0.39 is 0 Å². The number of aromatic nitrogens is 1. The first-order valence-corrected chi connectivity index (χ1v) is 3.44. The molecule has 0 atom stereocenters. The zero-order chi connectivity index (χ0) is 8.27. The third-order valence-corrected chi connectivity index (χ3v) is 1.50. The summed E-state index contributed by atoms with van der Waals surface area (Å²) in [7, 11) is 0. The normalized spacial score (nSPS) is 9.27. The zero-order valence-corrected chi connectivity index (χ0v) is 6.72. The van der Waals surface area contributed by atoms with Crippen molar-refractivity contribution in [1.82, 2.24) is 4.98 Å². The lowest BCUT2D eigenvalue weighted by atomic mass is 10.2. The molecule has 0 aliphatic heterocycles. The summed E-state index contributed by atoms with van der Waals surface area (Å²) in [4.78, 5) is 13.8. The van der Waals surface area contributed by atoms with Gasteiger partial charge in [0.25, 0.3) is 0 Å². The molecule has 0 saturated heterocycles. The van der Waals surface area contributed by atoms with Gasteiger partial charge in [-0.15, -0.1) is 0 Å². The number of hydrogen-bond donors (Lipinski definition) is 1. The highest BCUT2D eigenvalue weighted by Gasteiger charge is 1.97. The lowest BCUT2D eigenvalue weighted by Crippen LogP contribution is -1.96. The number of pyridine rings is 1. The summed E-state index contributed by atoms with van der Waals surface area (Å²) in [5.41, 5.74) is 1.58. The van der Waals surface area contributed by atoms with Crippen LogP contribution >= 0.6 is 11.6 Å². The maximum atomic E-state index is 10.0. The Morgan fingerprint density at radius 3 is 3.00 bits per heavy atom. The Labute approximate surface area is 69.4 Å². The first-order chi connectivity index (χ1) is 5.24. The van der Waals surface area contributed by atoms with Crippen molar-refractivity contribution in [3.8, 4) is 0 Å². The maximum absolute atomic E-state index is 10.0. The molecular formula is C7H7ClN2O. The van der Waals surface area contributed by atoms with E-state index in [0.717, 1.165) is 5.56 Å². The molecule has 0 aliphatic carbocycles. The van der Waals surface area contributed by atoms with E-state index in [0.29, 0.717) is 17.3 Å². The lowest BCUT2D eigenvalue weighted by molar-refractivity contribution is -0.105. The maximum Gasteiger partial charge on any atom is 0.211 e. The molecule has 0 radical (unpaired) electrons. The van der Waals surface area contributed by atoms with Crippen LogP contribution in [0, 0.1) is 6.92 Å². The van der Waals surface area contributed by atoms with Crippen molar-refractivity contribution in [2.45, 2.75) is 6.92 Å². The van der Waals surface area contributed by atoms with E-state index in [-0.39, 0.29) is 0 Å². The molecule has 1 amide bonds. The molecule has 0 aromatic carbocycles. The Morgan fingerprint density at radius 1 is 1.73 bits per heavy atom. The van der Waals surface area contributed by atoms with E-state index in [1.807, 2.05) is 6.92 Å². The quantitative estimate of drug-likeness (QED) is 0.541. The van der Waals surface area contributed by atoms with E-state index >= 15 is 0 Å². The summed E-state index contributed by atoms with van der Waals surface area (Å²) in [5.74, 6) is 0. The number of halogens is 1. The van der Waals surface area contributed by atoms with Crippen molar-refractivity contribution in [3.05, 3.63) is 23.0 Å². The highest BCUT2D eigenvalue weighted by Crippen LogP contribution is 2.15. The van der Waals surface area contributed by atoms with Crippen LogP contribution in [0.3, 0.4) is 0 Å². The van der Waals surface area contributed by atoms with E-state index in [2.05, 4.69) is 10.3 Å². The number of anilines is 1. The van der Waals surface area contributed by atoms with Crippen molar-refractivity contribution in [2.24, 2.45) is 0 Å². The number of rotatable bonds is 2. The minimum Gasteiger partial charge on any atom is -0.327 e. The van der Waals surface area contributed by atoms with Crippen LogP contribution in [0.5, 0.6) is 0 Å². The lowest BCUT2D eigenvalue weighted by Gasteiger charge is -2.01. The molecule has 1 aromatic rings. The Morgan fingerprint density at radius 2 is 2.45 bits per heavy atom. The van der Waals surface area contributed by atoms with Gasteiger partial charge in [0.2, 0.25) is 6.41 Å². The number of carbonyl (C=O) groups excluding carboxylic acids is 1. The number of carbonyl (C=O) groups is 1. The molecule has 0 bridgehead atoms. The summed E-state index contributed by atoms with van der Waals surface area (Å²) in [6.45, 7) is 1.85. The van der Waals surface area contributed by atoms with Gasteiger partial charge in [-0.25, -0.2) is 4.98 Å². The third-order valence-electron chi connectivity index (χ3n) is 1.29. The second kappa shape index (κ2) is 3.34. The van der Waals surface area contributed by atoms with Crippen LogP contribution < -0.4 is 5.32 Å².